The first-order valence-corrected chi connectivity index (χ1v) is 9.26. The largest absolute Gasteiger partial charge is 0.337 e. The van der Waals surface area contributed by atoms with Crippen LogP contribution >= 0.6 is 12.4 Å². The Morgan fingerprint density at radius 1 is 1.11 bits per heavy atom. The van der Waals surface area contributed by atoms with E-state index >= 15 is 0 Å². The second kappa shape index (κ2) is 8.17. The first-order chi connectivity index (χ1) is 13.1. The maximum absolute atomic E-state index is 13.2. The number of pyridine rings is 1. The summed E-state index contributed by atoms with van der Waals surface area (Å²) >= 11 is 0. The summed E-state index contributed by atoms with van der Waals surface area (Å²) < 4.78 is 0. The van der Waals surface area contributed by atoms with Crippen molar-refractivity contribution >= 4 is 29.2 Å². The van der Waals surface area contributed by atoms with Gasteiger partial charge in [-0.05, 0) is 36.6 Å². The third-order valence-corrected chi connectivity index (χ3v) is 5.65. The normalized spacial score (nSPS) is 18.9. The molecule has 1 aliphatic rings. The van der Waals surface area contributed by atoms with E-state index in [1.54, 1.807) is 4.90 Å². The minimum atomic E-state index is -0.330. The number of carbonyl (C=O) groups is 1. The number of carbonyl (C=O) groups excluding carboxylic acids is 1. The molecule has 3 aromatic rings. The third-order valence-electron chi connectivity index (χ3n) is 5.65. The van der Waals surface area contributed by atoms with Crippen molar-refractivity contribution in [2.24, 2.45) is 11.7 Å². The number of H-pyrrole nitrogens is 1. The number of hydrogen-bond donors (Lipinski definition) is 2. The van der Waals surface area contributed by atoms with E-state index in [2.05, 4.69) is 17.1 Å². The lowest BCUT2D eigenvalue weighted by Crippen LogP contribution is -2.34. The molecule has 2 heterocycles. The number of fused-ring (bicyclic) bond motifs is 1. The lowest BCUT2D eigenvalue weighted by Gasteiger charge is -2.18. The summed E-state index contributed by atoms with van der Waals surface area (Å²) in [5, 5.41) is 0.898. The summed E-state index contributed by atoms with van der Waals surface area (Å²) in [7, 11) is 0. The predicted octanol–water partition coefficient (Wildman–Crippen LogP) is 3.07. The fourth-order valence-corrected chi connectivity index (χ4v) is 4.18. The van der Waals surface area contributed by atoms with Gasteiger partial charge in [0.1, 0.15) is 5.56 Å². The standard InChI is InChI=1S/C22H23N3O2.ClH/c1-14-17-9-5-6-10-19(17)24-21(26)20(14)22(27)25-12-16(11-23)18(13-25)15-7-3-2-4-8-15;/h2-10,16,18H,11-13,23H2,1H3,(H,24,26);1H/t16-,18+;/m1./s1. The van der Waals surface area contributed by atoms with Gasteiger partial charge in [-0.15, -0.1) is 12.4 Å². The highest BCUT2D eigenvalue weighted by Crippen LogP contribution is 2.33. The number of aromatic nitrogens is 1. The number of aromatic amines is 1. The number of benzene rings is 2. The molecular weight excluding hydrogens is 374 g/mol. The molecule has 1 aliphatic heterocycles. The molecule has 1 saturated heterocycles. The molecule has 1 amide bonds. The number of likely N-dealkylation sites (tertiary alicyclic amines) is 1. The van der Waals surface area contributed by atoms with E-state index in [-0.39, 0.29) is 41.3 Å². The van der Waals surface area contributed by atoms with Crippen LogP contribution in [0.2, 0.25) is 0 Å². The van der Waals surface area contributed by atoms with Crippen molar-refractivity contribution in [1.29, 1.82) is 0 Å². The molecule has 2 atom stereocenters. The number of nitrogens with zero attached hydrogens (tertiary/aromatic N) is 1. The van der Waals surface area contributed by atoms with Gasteiger partial charge in [0.15, 0.2) is 0 Å². The molecule has 6 heteroatoms. The Bertz CT molecular complexity index is 1050. The van der Waals surface area contributed by atoms with Gasteiger partial charge in [-0.1, -0.05) is 48.5 Å². The Morgan fingerprint density at radius 2 is 1.79 bits per heavy atom. The van der Waals surface area contributed by atoms with Crippen LogP contribution in [0, 0.1) is 12.8 Å². The highest BCUT2D eigenvalue weighted by Gasteiger charge is 2.36. The molecule has 2 aromatic carbocycles. The van der Waals surface area contributed by atoms with E-state index in [0.717, 1.165) is 16.5 Å². The Hall–Kier alpha value is -2.63. The van der Waals surface area contributed by atoms with Crippen LogP contribution < -0.4 is 11.3 Å². The van der Waals surface area contributed by atoms with Crippen LogP contribution in [0.5, 0.6) is 0 Å². The van der Waals surface area contributed by atoms with Crippen LogP contribution in [-0.4, -0.2) is 35.4 Å². The van der Waals surface area contributed by atoms with E-state index in [4.69, 9.17) is 5.73 Å². The van der Waals surface area contributed by atoms with E-state index in [1.165, 1.54) is 5.56 Å². The van der Waals surface area contributed by atoms with E-state index in [1.807, 2.05) is 49.4 Å². The maximum Gasteiger partial charge on any atom is 0.261 e. The van der Waals surface area contributed by atoms with Crippen LogP contribution in [0.15, 0.2) is 59.4 Å². The van der Waals surface area contributed by atoms with Crippen molar-refractivity contribution in [2.75, 3.05) is 19.6 Å². The van der Waals surface area contributed by atoms with Gasteiger partial charge in [-0.25, -0.2) is 0 Å². The second-order valence-electron chi connectivity index (χ2n) is 7.22. The van der Waals surface area contributed by atoms with Crippen molar-refractivity contribution < 1.29 is 4.79 Å². The lowest BCUT2D eigenvalue weighted by atomic mass is 9.89. The summed E-state index contributed by atoms with van der Waals surface area (Å²) in [6.45, 7) is 3.50. The molecule has 5 nitrogen and oxygen atoms in total. The average molecular weight is 398 g/mol. The van der Waals surface area contributed by atoms with Crippen molar-refractivity contribution in [3.8, 4) is 0 Å². The summed E-state index contributed by atoms with van der Waals surface area (Å²) in [5.41, 5.74) is 8.56. The summed E-state index contributed by atoms with van der Waals surface area (Å²) in [6, 6.07) is 17.7. The Labute approximate surface area is 170 Å². The van der Waals surface area contributed by atoms with Gasteiger partial charge in [0, 0.05) is 29.9 Å². The zero-order valence-corrected chi connectivity index (χ0v) is 16.5. The molecule has 0 unspecified atom stereocenters. The van der Waals surface area contributed by atoms with Gasteiger partial charge in [0.05, 0.1) is 0 Å². The Morgan fingerprint density at radius 3 is 2.50 bits per heavy atom. The SMILES string of the molecule is Cc1c(C(=O)N2C[C@@H](CN)[C@H](c3ccccc3)C2)c(=O)[nH]c2ccccc12.Cl. The fraction of sp³-hybridized carbons (Fsp3) is 0.273. The molecule has 0 spiro atoms. The number of para-hydroxylation sites is 1. The highest BCUT2D eigenvalue weighted by atomic mass is 35.5. The molecule has 146 valence electrons. The zero-order valence-electron chi connectivity index (χ0n) is 15.7. The monoisotopic (exact) mass is 397 g/mol. The van der Waals surface area contributed by atoms with E-state index < -0.39 is 0 Å². The minimum Gasteiger partial charge on any atom is -0.337 e. The quantitative estimate of drug-likeness (QED) is 0.712. The van der Waals surface area contributed by atoms with Crippen molar-refractivity contribution in [3.05, 3.63) is 81.6 Å². The average Bonchev–Trinajstić information content (AvgIpc) is 3.13. The molecule has 0 bridgehead atoms. The second-order valence-corrected chi connectivity index (χ2v) is 7.22. The van der Waals surface area contributed by atoms with Gasteiger partial charge in [-0.3, -0.25) is 9.59 Å². The molecule has 3 N–H and O–H groups in total. The van der Waals surface area contributed by atoms with Crippen LogP contribution in [-0.2, 0) is 0 Å². The summed E-state index contributed by atoms with van der Waals surface area (Å²) in [4.78, 5) is 30.5. The number of rotatable bonds is 3. The van der Waals surface area contributed by atoms with Gasteiger partial charge in [-0.2, -0.15) is 0 Å². The van der Waals surface area contributed by atoms with Crippen molar-refractivity contribution in [2.45, 2.75) is 12.8 Å². The molecule has 0 radical (unpaired) electrons. The first-order valence-electron chi connectivity index (χ1n) is 9.26. The number of nitrogens with two attached hydrogens (primary N) is 1. The van der Waals surface area contributed by atoms with Crippen molar-refractivity contribution in [1.82, 2.24) is 9.88 Å². The molecule has 0 aliphatic carbocycles. The van der Waals surface area contributed by atoms with E-state index in [0.29, 0.717) is 19.6 Å². The fourth-order valence-electron chi connectivity index (χ4n) is 4.18. The lowest BCUT2D eigenvalue weighted by molar-refractivity contribution is 0.0784. The van der Waals surface area contributed by atoms with Gasteiger partial charge in [0.25, 0.3) is 11.5 Å². The molecule has 1 fully saturated rings. The number of nitrogens with one attached hydrogen (secondary N) is 1. The molecule has 0 saturated carbocycles. The van der Waals surface area contributed by atoms with Gasteiger partial charge in [0.2, 0.25) is 0 Å². The van der Waals surface area contributed by atoms with Crippen LogP contribution in [0.1, 0.15) is 27.4 Å². The number of amides is 1. The molecule has 28 heavy (non-hydrogen) atoms. The molecule has 4 rings (SSSR count). The van der Waals surface area contributed by atoms with Crippen LogP contribution in [0.3, 0.4) is 0 Å². The summed E-state index contributed by atoms with van der Waals surface area (Å²) in [5.74, 6) is 0.174. The maximum atomic E-state index is 13.2. The topological polar surface area (TPSA) is 79.2 Å². The number of hydrogen-bond acceptors (Lipinski definition) is 3. The highest BCUT2D eigenvalue weighted by molar-refractivity contribution is 6.00. The smallest absolute Gasteiger partial charge is 0.261 e. The molecular formula is C22H24ClN3O2. The van der Waals surface area contributed by atoms with Gasteiger partial charge < -0.3 is 15.6 Å². The predicted molar refractivity (Wildman–Crippen MR) is 114 cm³/mol. The van der Waals surface area contributed by atoms with Crippen LogP contribution in [0.4, 0.5) is 0 Å². The number of aryl methyl sites for hydroxylation is 1. The van der Waals surface area contributed by atoms with E-state index in [9.17, 15) is 9.59 Å². The van der Waals surface area contributed by atoms with Crippen LogP contribution in [0.25, 0.3) is 10.9 Å². The first kappa shape index (κ1) is 20.1. The van der Waals surface area contributed by atoms with Crippen molar-refractivity contribution in [3.63, 3.8) is 0 Å². The molecule has 1 aromatic heterocycles. The van der Waals surface area contributed by atoms with Gasteiger partial charge >= 0.3 is 0 Å². The summed E-state index contributed by atoms with van der Waals surface area (Å²) in [6.07, 6.45) is 0. The third kappa shape index (κ3) is 3.43. The minimum absolute atomic E-state index is 0. The Balaban J connectivity index is 0.00000225. The number of halogens is 1. The Kier molecular flexibility index (Phi) is 5.87. The zero-order chi connectivity index (χ0) is 19.0.